The second-order valence-electron chi connectivity index (χ2n) is 6.92. The van der Waals surface area contributed by atoms with Gasteiger partial charge in [0.2, 0.25) is 4.90 Å². The molecule has 1 amide bonds. The van der Waals surface area contributed by atoms with Crippen LogP contribution in [0.25, 0.3) is 0 Å². The molecule has 1 fully saturated rings. The minimum Gasteiger partial charge on any atom is -0.593 e. The monoisotopic (exact) mass is 408 g/mol. The first kappa shape index (κ1) is 18.8. The van der Waals surface area contributed by atoms with Crippen molar-refractivity contribution in [3.8, 4) is 0 Å². The first-order valence-electron chi connectivity index (χ1n) is 8.72. The average Bonchev–Trinajstić information content (AvgIpc) is 3.18. The van der Waals surface area contributed by atoms with Gasteiger partial charge in [0.05, 0.1) is 28.5 Å². The molecule has 3 atom stereocenters. The van der Waals surface area contributed by atoms with Crippen molar-refractivity contribution in [3.63, 3.8) is 0 Å². The summed E-state index contributed by atoms with van der Waals surface area (Å²) in [5.41, 5.74) is 1.47. The summed E-state index contributed by atoms with van der Waals surface area (Å²) in [6.07, 6.45) is 1.75. The van der Waals surface area contributed by atoms with Crippen LogP contribution in [0.5, 0.6) is 0 Å². The van der Waals surface area contributed by atoms with Gasteiger partial charge >= 0.3 is 0 Å². The van der Waals surface area contributed by atoms with Gasteiger partial charge in [-0.15, -0.1) is 16.5 Å². The molecule has 0 spiro atoms. The van der Waals surface area contributed by atoms with Gasteiger partial charge in [-0.1, -0.05) is 0 Å². The number of fused-ring (bicyclic) bond motifs is 2. The number of rotatable bonds is 2. The number of aryl methyl sites for hydroxylation is 2. The van der Waals surface area contributed by atoms with E-state index in [9.17, 15) is 13.7 Å². The zero-order valence-corrected chi connectivity index (χ0v) is 16.7. The number of halogens is 1. The van der Waals surface area contributed by atoms with Gasteiger partial charge in [0.25, 0.3) is 5.91 Å². The minimum atomic E-state index is -1.37. The summed E-state index contributed by atoms with van der Waals surface area (Å²) >= 11 is 0.206. The van der Waals surface area contributed by atoms with Crippen LogP contribution in [0.2, 0.25) is 0 Å². The third-order valence-corrected chi connectivity index (χ3v) is 7.62. The Balaban J connectivity index is 1.63. The first-order chi connectivity index (χ1) is 12.9. The van der Waals surface area contributed by atoms with E-state index in [-0.39, 0.29) is 17.8 Å². The van der Waals surface area contributed by atoms with Crippen molar-refractivity contribution in [2.24, 2.45) is 13.0 Å². The third kappa shape index (κ3) is 3.62. The van der Waals surface area contributed by atoms with Crippen LogP contribution in [0.3, 0.4) is 0 Å². The fourth-order valence-corrected chi connectivity index (χ4v) is 6.36. The van der Waals surface area contributed by atoms with Gasteiger partial charge in [-0.05, 0) is 30.7 Å². The molecule has 0 saturated carbocycles. The number of thioether (sulfide) groups is 1. The molecule has 144 valence electrons. The predicted octanol–water partition coefficient (Wildman–Crippen LogP) is 2.03. The van der Waals surface area contributed by atoms with E-state index in [1.54, 1.807) is 42.6 Å². The lowest BCUT2D eigenvalue weighted by molar-refractivity contribution is 0.101. The molecule has 2 aliphatic heterocycles. The smallest absolute Gasteiger partial charge is 0.273 e. The Morgan fingerprint density at radius 2 is 2.26 bits per heavy atom. The number of nitrogens with one attached hydrogen (secondary N) is 3. The molecule has 2 aromatic rings. The highest BCUT2D eigenvalue weighted by Gasteiger charge is 2.37. The van der Waals surface area contributed by atoms with Crippen LogP contribution < -0.4 is 15.4 Å². The Hall–Kier alpha value is -1.52. The summed E-state index contributed by atoms with van der Waals surface area (Å²) < 4.78 is 31.2. The van der Waals surface area contributed by atoms with Gasteiger partial charge in [-0.3, -0.25) is 4.79 Å². The first-order valence-corrected chi connectivity index (χ1v) is 10.9. The molecule has 0 aliphatic carbocycles. The molecule has 3 heterocycles. The average molecular weight is 409 g/mol. The van der Waals surface area contributed by atoms with Gasteiger partial charge in [0, 0.05) is 37.5 Å². The number of amides is 1. The number of carbonyl (C=O) groups excluding carboxylic acids is 1. The summed E-state index contributed by atoms with van der Waals surface area (Å²) in [7, 11) is 1.77. The summed E-state index contributed by atoms with van der Waals surface area (Å²) in [6, 6.07) is 4.64. The van der Waals surface area contributed by atoms with Crippen molar-refractivity contribution in [3.05, 3.63) is 41.5 Å². The molecule has 27 heavy (non-hydrogen) atoms. The van der Waals surface area contributed by atoms with Gasteiger partial charge in [0.15, 0.2) is 0 Å². The standard InChI is InChI=1S/C18H21FN4O2S2/c1-10-5-12(3-4-13(10)19)21-18(24)16-17-15(8-23(16)2)27(25)22-14-7-20-6-11(14)9-26-17/h3-5,8,11,14,20,22H,6-7,9H2,1-2H3,(H,21,24). The van der Waals surface area contributed by atoms with Gasteiger partial charge in [-0.2, -0.15) is 0 Å². The number of anilines is 1. The predicted molar refractivity (Wildman–Crippen MR) is 105 cm³/mol. The molecular formula is C18H21FN4O2S2. The van der Waals surface area contributed by atoms with Crippen molar-refractivity contribution in [2.75, 3.05) is 24.2 Å². The van der Waals surface area contributed by atoms with Crippen LogP contribution >= 0.6 is 11.8 Å². The van der Waals surface area contributed by atoms with Gasteiger partial charge < -0.3 is 19.8 Å². The fraction of sp³-hybridized carbons (Fsp3) is 0.389. The maximum atomic E-state index is 13.5. The molecule has 0 bridgehead atoms. The summed E-state index contributed by atoms with van der Waals surface area (Å²) in [6.45, 7) is 3.33. The highest BCUT2D eigenvalue weighted by atomic mass is 32.2. The van der Waals surface area contributed by atoms with E-state index in [0.29, 0.717) is 27.8 Å². The molecule has 3 unspecified atom stereocenters. The highest BCUT2D eigenvalue weighted by molar-refractivity contribution is 8.00. The number of carbonyl (C=O) groups is 1. The van der Waals surface area contributed by atoms with Crippen molar-refractivity contribution in [2.45, 2.75) is 22.8 Å². The number of nitrogens with zero attached hydrogens (tertiary/aromatic N) is 1. The molecule has 6 nitrogen and oxygen atoms in total. The maximum absolute atomic E-state index is 13.5. The number of hydrogen-bond donors (Lipinski definition) is 3. The lowest BCUT2D eigenvalue weighted by atomic mass is 10.1. The largest absolute Gasteiger partial charge is 0.593 e. The Morgan fingerprint density at radius 3 is 3.04 bits per heavy atom. The third-order valence-electron chi connectivity index (χ3n) is 4.97. The molecule has 2 aliphatic rings. The van der Waals surface area contributed by atoms with Crippen molar-refractivity contribution in [1.82, 2.24) is 14.6 Å². The van der Waals surface area contributed by atoms with E-state index in [0.717, 1.165) is 23.7 Å². The Bertz CT molecular complexity index is 888. The normalized spacial score (nSPS) is 24.7. The van der Waals surface area contributed by atoms with E-state index in [1.165, 1.54) is 12.1 Å². The SMILES string of the molecule is Cc1cc(NC(=O)c2c3c(cn2C)[S+]([O-])NC2CNCC2CS3)ccc1F. The van der Waals surface area contributed by atoms with Crippen LogP contribution in [0, 0.1) is 18.7 Å². The molecule has 9 heteroatoms. The summed E-state index contributed by atoms with van der Waals surface area (Å²) in [4.78, 5) is 14.3. The second kappa shape index (κ2) is 7.48. The Labute approximate surface area is 164 Å². The van der Waals surface area contributed by atoms with E-state index >= 15 is 0 Å². The minimum absolute atomic E-state index is 0.172. The maximum Gasteiger partial charge on any atom is 0.273 e. The molecule has 1 saturated heterocycles. The molecule has 1 aromatic heterocycles. The van der Waals surface area contributed by atoms with Crippen LogP contribution in [-0.4, -0.2) is 39.9 Å². The zero-order valence-electron chi connectivity index (χ0n) is 15.0. The fourth-order valence-electron chi connectivity index (χ4n) is 3.46. The molecule has 3 N–H and O–H groups in total. The van der Waals surface area contributed by atoms with E-state index in [2.05, 4.69) is 15.4 Å². The Morgan fingerprint density at radius 1 is 1.44 bits per heavy atom. The molecule has 1 aromatic carbocycles. The summed E-state index contributed by atoms with van der Waals surface area (Å²) in [5.74, 6) is 0.599. The van der Waals surface area contributed by atoms with E-state index in [1.807, 2.05) is 0 Å². The number of benzene rings is 1. The van der Waals surface area contributed by atoms with Gasteiger partial charge in [-0.25, -0.2) is 4.39 Å². The molecule has 4 rings (SSSR count). The highest BCUT2D eigenvalue weighted by Crippen LogP contribution is 2.36. The summed E-state index contributed by atoms with van der Waals surface area (Å²) in [5, 5.41) is 6.15. The van der Waals surface area contributed by atoms with E-state index < -0.39 is 11.4 Å². The number of aromatic nitrogens is 1. The lowest BCUT2D eigenvalue weighted by Crippen LogP contribution is -2.42. The van der Waals surface area contributed by atoms with Gasteiger partial charge in [0.1, 0.15) is 11.5 Å². The molecule has 0 radical (unpaired) electrons. The second-order valence-corrected chi connectivity index (χ2v) is 9.17. The zero-order chi connectivity index (χ0) is 19.1. The van der Waals surface area contributed by atoms with E-state index in [4.69, 9.17) is 0 Å². The van der Waals surface area contributed by atoms with Crippen LogP contribution in [-0.2, 0) is 18.4 Å². The quantitative estimate of drug-likeness (QED) is 0.663. The van der Waals surface area contributed by atoms with Crippen molar-refractivity contribution in [1.29, 1.82) is 0 Å². The van der Waals surface area contributed by atoms with Crippen LogP contribution in [0.1, 0.15) is 16.1 Å². The lowest BCUT2D eigenvalue weighted by Gasteiger charge is -2.23. The molecular weight excluding hydrogens is 387 g/mol. The number of hydrogen-bond acceptors (Lipinski definition) is 5. The topological polar surface area (TPSA) is 81.2 Å². The van der Waals surface area contributed by atoms with Crippen molar-refractivity contribution >= 4 is 34.7 Å². The van der Waals surface area contributed by atoms with Crippen molar-refractivity contribution < 1.29 is 13.7 Å². The van der Waals surface area contributed by atoms with Crippen LogP contribution in [0.15, 0.2) is 34.2 Å². The Kier molecular flexibility index (Phi) is 5.21. The van der Waals surface area contributed by atoms with Crippen LogP contribution in [0.4, 0.5) is 10.1 Å².